The summed E-state index contributed by atoms with van der Waals surface area (Å²) in [5.41, 5.74) is 9.42. The van der Waals surface area contributed by atoms with E-state index in [-0.39, 0.29) is 0 Å². The van der Waals surface area contributed by atoms with E-state index in [0.717, 1.165) is 12.2 Å². The molecule has 0 aliphatic heterocycles. The van der Waals surface area contributed by atoms with Crippen LogP contribution < -0.4 is 21.7 Å². The van der Waals surface area contributed by atoms with Crippen LogP contribution in [0.4, 0.5) is 0 Å². The largest absolute Gasteiger partial charge is 0.269 e. The third-order valence-corrected chi connectivity index (χ3v) is 3.06. The van der Waals surface area contributed by atoms with Gasteiger partial charge in [0.2, 0.25) is 0 Å². The van der Waals surface area contributed by atoms with Crippen LogP contribution in [-0.4, -0.2) is 23.6 Å². The smallest absolute Gasteiger partial charge is 0.268 e. The van der Waals surface area contributed by atoms with Crippen LogP contribution in [0.5, 0.6) is 0 Å². The van der Waals surface area contributed by atoms with Gasteiger partial charge in [-0.15, -0.1) is 0 Å². The summed E-state index contributed by atoms with van der Waals surface area (Å²) >= 11 is 0. The number of carbonyl (C=O) groups excluding carboxylic acids is 4. The van der Waals surface area contributed by atoms with Gasteiger partial charge in [-0.2, -0.15) is 0 Å². The molecule has 2 rings (SSSR count). The van der Waals surface area contributed by atoms with Gasteiger partial charge in [0.05, 0.1) is 0 Å². The standard InChI is InChI=1S/C18H16N4O4/c23-15(19-21-17(25)13-7-3-1-4-8-13)11-12-16(24)20-22-18(26)14-9-5-2-6-10-14/h1-12H,(H,19,23)(H,20,24)(H,21,25)(H,22,26). The maximum atomic E-state index is 11.7. The topological polar surface area (TPSA) is 116 Å². The van der Waals surface area contributed by atoms with Crippen molar-refractivity contribution in [3.63, 3.8) is 0 Å². The molecule has 0 radical (unpaired) electrons. The molecule has 132 valence electrons. The Bertz CT molecular complexity index is 750. The molecule has 26 heavy (non-hydrogen) atoms. The molecule has 4 N–H and O–H groups in total. The Balaban J connectivity index is 1.72. The Hall–Kier alpha value is -3.94. The van der Waals surface area contributed by atoms with Crippen molar-refractivity contribution in [3.8, 4) is 0 Å². The number of carbonyl (C=O) groups is 4. The molecular weight excluding hydrogens is 336 g/mol. The zero-order valence-electron chi connectivity index (χ0n) is 13.6. The van der Waals surface area contributed by atoms with Crippen molar-refractivity contribution >= 4 is 23.6 Å². The zero-order valence-corrected chi connectivity index (χ0v) is 13.6. The molecule has 2 aromatic carbocycles. The summed E-state index contributed by atoms with van der Waals surface area (Å²) in [5, 5.41) is 0. The lowest BCUT2D eigenvalue weighted by Crippen LogP contribution is -2.42. The molecule has 0 bridgehead atoms. The van der Waals surface area contributed by atoms with E-state index in [1.165, 1.54) is 0 Å². The monoisotopic (exact) mass is 352 g/mol. The van der Waals surface area contributed by atoms with Gasteiger partial charge in [-0.3, -0.25) is 40.9 Å². The second-order valence-electron chi connectivity index (χ2n) is 4.95. The van der Waals surface area contributed by atoms with Crippen molar-refractivity contribution in [2.75, 3.05) is 0 Å². The maximum Gasteiger partial charge on any atom is 0.269 e. The van der Waals surface area contributed by atoms with Crippen molar-refractivity contribution < 1.29 is 19.2 Å². The normalized spacial score (nSPS) is 10.0. The molecule has 0 aliphatic carbocycles. The molecule has 0 spiro atoms. The Morgan fingerprint density at radius 2 is 0.885 bits per heavy atom. The van der Waals surface area contributed by atoms with Crippen LogP contribution in [-0.2, 0) is 9.59 Å². The van der Waals surface area contributed by atoms with Crippen molar-refractivity contribution in [2.24, 2.45) is 0 Å². The second-order valence-corrected chi connectivity index (χ2v) is 4.95. The fourth-order valence-corrected chi connectivity index (χ4v) is 1.79. The third-order valence-electron chi connectivity index (χ3n) is 3.06. The Kier molecular flexibility index (Phi) is 6.64. The summed E-state index contributed by atoms with van der Waals surface area (Å²) in [7, 11) is 0. The number of hydrogen-bond acceptors (Lipinski definition) is 4. The van der Waals surface area contributed by atoms with Crippen molar-refractivity contribution in [1.82, 2.24) is 21.7 Å². The number of amides is 4. The van der Waals surface area contributed by atoms with Crippen LogP contribution in [0, 0.1) is 0 Å². The van der Waals surface area contributed by atoms with Crippen LogP contribution in [0.25, 0.3) is 0 Å². The molecule has 2 aromatic rings. The van der Waals surface area contributed by atoms with Crippen molar-refractivity contribution in [3.05, 3.63) is 83.9 Å². The predicted molar refractivity (Wildman–Crippen MR) is 93.2 cm³/mol. The zero-order chi connectivity index (χ0) is 18.8. The summed E-state index contributed by atoms with van der Waals surface area (Å²) in [6, 6.07) is 16.6. The van der Waals surface area contributed by atoms with Gasteiger partial charge in [-0.1, -0.05) is 36.4 Å². The number of hydrogen-bond donors (Lipinski definition) is 4. The number of nitrogens with one attached hydrogen (secondary N) is 4. The van der Waals surface area contributed by atoms with Crippen LogP contribution in [0.2, 0.25) is 0 Å². The lowest BCUT2D eigenvalue weighted by molar-refractivity contribution is -0.119. The fraction of sp³-hybridized carbons (Fsp3) is 0. The molecule has 0 aromatic heterocycles. The third kappa shape index (κ3) is 5.93. The van der Waals surface area contributed by atoms with E-state index in [2.05, 4.69) is 21.7 Å². The SMILES string of the molecule is O=C(C=CC(=O)NNC(=O)c1ccccc1)NNC(=O)c1ccccc1. The highest BCUT2D eigenvalue weighted by molar-refractivity contribution is 6.00. The quantitative estimate of drug-likeness (QED) is 0.473. The summed E-state index contributed by atoms with van der Waals surface area (Å²) in [4.78, 5) is 46.6. The van der Waals surface area contributed by atoms with E-state index in [1.807, 2.05) is 0 Å². The minimum absolute atomic E-state index is 0.373. The second kappa shape index (κ2) is 9.38. The van der Waals surface area contributed by atoms with Crippen molar-refractivity contribution in [2.45, 2.75) is 0 Å². The molecular formula is C18H16N4O4. The lowest BCUT2D eigenvalue weighted by atomic mass is 10.2. The van der Waals surface area contributed by atoms with E-state index < -0.39 is 23.6 Å². The molecule has 0 fully saturated rings. The molecule has 4 amide bonds. The first-order chi connectivity index (χ1) is 12.6. The van der Waals surface area contributed by atoms with E-state index in [0.29, 0.717) is 11.1 Å². The minimum atomic E-state index is -0.709. The summed E-state index contributed by atoms with van der Waals surface area (Å²) in [6.07, 6.45) is 1.82. The molecule has 0 saturated heterocycles. The van der Waals surface area contributed by atoms with Gasteiger partial charge >= 0.3 is 0 Å². The van der Waals surface area contributed by atoms with Crippen LogP contribution >= 0.6 is 0 Å². The number of benzene rings is 2. The Morgan fingerprint density at radius 1 is 0.538 bits per heavy atom. The Morgan fingerprint density at radius 3 is 1.23 bits per heavy atom. The highest BCUT2D eigenvalue weighted by atomic mass is 16.2. The highest BCUT2D eigenvalue weighted by Gasteiger charge is 2.06. The van der Waals surface area contributed by atoms with Crippen LogP contribution in [0.1, 0.15) is 20.7 Å². The predicted octanol–water partition coefficient (Wildman–Crippen LogP) is 0.465. The Labute approximate surface area is 149 Å². The summed E-state index contributed by atoms with van der Waals surface area (Å²) in [6.45, 7) is 0. The first kappa shape index (κ1) is 18.4. The van der Waals surface area contributed by atoms with Gasteiger partial charge in [0.25, 0.3) is 23.6 Å². The number of rotatable bonds is 4. The lowest BCUT2D eigenvalue weighted by Gasteiger charge is -2.06. The first-order valence-corrected chi connectivity index (χ1v) is 7.55. The van der Waals surface area contributed by atoms with E-state index in [9.17, 15) is 19.2 Å². The average Bonchev–Trinajstić information content (AvgIpc) is 2.69. The first-order valence-electron chi connectivity index (χ1n) is 7.55. The van der Waals surface area contributed by atoms with Gasteiger partial charge < -0.3 is 0 Å². The minimum Gasteiger partial charge on any atom is -0.268 e. The van der Waals surface area contributed by atoms with E-state index >= 15 is 0 Å². The van der Waals surface area contributed by atoms with E-state index in [4.69, 9.17) is 0 Å². The summed E-state index contributed by atoms with van der Waals surface area (Å²) in [5.74, 6) is -2.41. The average molecular weight is 352 g/mol. The van der Waals surface area contributed by atoms with Gasteiger partial charge in [-0.05, 0) is 24.3 Å². The number of hydrazine groups is 2. The highest BCUT2D eigenvalue weighted by Crippen LogP contribution is 1.97. The van der Waals surface area contributed by atoms with Crippen molar-refractivity contribution in [1.29, 1.82) is 0 Å². The summed E-state index contributed by atoms with van der Waals surface area (Å²) < 4.78 is 0. The van der Waals surface area contributed by atoms with Gasteiger partial charge in [0.15, 0.2) is 0 Å². The van der Waals surface area contributed by atoms with Gasteiger partial charge in [-0.25, -0.2) is 0 Å². The fourth-order valence-electron chi connectivity index (χ4n) is 1.79. The molecule has 8 heteroatoms. The van der Waals surface area contributed by atoms with Gasteiger partial charge in [0, 0.05) is 23.3 Å². The molecule has 8 nitrogen and oxygen atoms in total. The molecule has 0 heterocycles. The van der Waals surface area contributed by atoms with Gasteiger partial charge in [0.1, 0.15) is 0 Å². The van der Waals surface area contributed by atoms with E-state index in [1.54, 1.807) is 60.7 Å². The maximum absolute atomic E-state index is 11.7. The molecule has 0 aliphatic rings. The molecule has 0 unspecified atom stereocenters. The molecule has 0 saturated carbocycles. The van der Waals surface area contributed by atoms with Crippen LogP contribution in [0.3, 0.4) is 0 Å². The van der Waals surface area contributed by atoms with Crippen LogP contribution in [0.15, 0.2) is 72.8 Å². The molecule has 0 atom stereocenters.